The molecule has 70 valence electrons. The molecule has 0 bridgehead atoms. The van der Waals surface area contributed by atoms with E-state index in [0.717, 1.165) is 0 Å². The molecule has 1 aliphatic rings. The Morgan fingerprint density at radius 2 is 1.67 bits per heavy atom. The predicted molar refractivity (Wildman–Crippen MR) is 49.1 cm³/mol. The molecule has 0 aliphatic heterocycles. The molecule has 0 aromatic carbocycles. The maximum absolute atomic E-state index is 11.5. The molecular formula is C9H18N2O. The number of hydrogen-bond donors (Lipinski definition) is 0. The van der Waals surface area contributed by atoms with Gasteiger partial charge in [-0.25, -0.2) is 4.79 Å². The second kappa shape index (κ2) is 3.78. The van der Waals surface area contributed by atoms with E-state index >= 15 is 0 Å². The molecule has 0 radical (unpaired) electrons. The molecular weight excluding hydrogens is 152 g/mol. The number of hydrogen-bond acceptors (Lipinski definition) is 1. The molecule has 0 N–H and O–H groups in total. The van der Waals surface area contributed by atoms with E-state index in [1.807, 2.05) is 11.9 Å². The third-order valence-electron chi connectivity index (χ3n) is 2.56. The van der Waals surface area contributed by atoms with Crippen molar-refractivity contribution in [2.24, 2.45) is 0 Å². The average molecular weight is 170 g/mol. The van der Waals surface area contributed by atoms with E-state index in [0.29, 0.717) is 6.04 Å². The summed E-state index contributed by atoms with van der Waals surface area (Å²) in [6, 6.07) is 0.613. The Morgan fingerprint density at radius 3 is 2.08 bits per heavy atom. The Balaban J connectivity index is 2.45. The van der Waals surface area contributed by atoms with Crippen LogP contribution in [-0.2, 0) is 0 Å². The van der Waals surface area contributed by atoms with Crippen LogP contribution in [0.25, 0.3) is 0 Å². The summed E-state index contributed by atoms with van der Waals surface area (Å²) >= 11 is 0. The summed E-state index contributed by atoms with van der Waals surface area (Å²) in [6.07, 6.45) is 4.90. The van der Waals surface area contributed by atoms with Crippen molar-refractivity contribution in [2.75, 3.05) is 21.1 Å². The van der Waals surface area contributed by atoms with Gasteiger partial charge in [0.25, 0.3) is 0 Å². The van der Waals surface area contributed by atoms with Crippen LogP contribution in [0.2, 0.25) is 0 Å². The van der Waals surface area contributed by atoms with Gasteiger partial charge in [0.05, 0.1) is 0 Å². The average Bonchev–Trinajstić information content (AvgIpc) is 2.53. The van der Waals surface area contributed by atoms with E-state index in [2.05, 4.69) is 0 Å². The lowest BCUT2D eigenvalue weighted by molar-refractivity contribution is 0.164. The fraction of sp³-hybridized carbons (Fsp3) is 0.889. The summed E-state index contributed by atoms with van der Waals surface area (Å²) in [4.78, 5) is 15.0. The van der Waals surface area contributed by atoms with Gasteiger partial charge in [0.1, 0.15) is 0 Å². The van der Waals surface area contributed by atoms with Gasteiger partial charge in [-0.05, 0) is 12.8 Å². The van der Waals surface area contributed by atoms with Crippen molar-refractivity contribution in [3.63, 3.8) is 0 Å². The number of carbonyl (C=O) groups is 1. The highest BCUT2D eigenvalue weighted by molar-refractivity contribution is 5.73. The standard InChI is InChI=1S/C9H18N2O/c1-10(2)9(12)11(3)8-6-4-5-7-8/h8H,4-7H2,1-3H3. The Kier molecular flexibility index (Phi) is 2.95. The molecule has 1 saturated carbocycles. The quantitative estimate of drug-likeness (QED) is 0.585. The lowest BCUT2D eigenvalue weighted by Crippen LogP contribution is -2.41. The van der Waals surface area contributed by atoms with E-state index in [1.54, 1.807) is 19.0 Å². The first-order valence-electron chi connectivity index (χ1n) is 4.57. The molecule has 0 heterocycles. The second-order valence-electron chi connectivity index (χ2n) is 3.73. The van der Waals surface area contributed by atoms with E-state index in [4.69, 9.17) is 0 Å². The summed E-state index contributed by atoms with van der Waals surface area (Å²) in [5.41, 5.74) is 0. The van der Waals surface area contributed by atoms with Gasteiger partial charge >= 0.3 is 6.03 Å². The minimum atomic E-state index is 0.127. The highest BCUT2D eigenvalue weighted by atomic mass is 16.2. The van der Waals surface area contributed by atoms with Gasteiger partial charge in [-0.15, -0.1) is 0 Å². The zero-order chi connectivity index (χ0) is 9.14. The Morgan fingerprint density at radius 1 is 1.17 bits per heavy atom. The van der Waals surface area contributed by atoms with Crippen LogP contribution in [0.5, 0.6) is 0 Å². The number of urea groups is 1. The normalized spacial score (nSPS) is 17.9. The minimum absolute atomic E-state index is 0.127. The lowest BCUT2D eigenvalue weighted by Gasteiger charge is -2.27. The maximum Gasteiger partial charge on any atom is 0.319 e. The molecule has 0 saturated heterocycles. The molecule has 1 aliphatic carbocycles. The minimum Gasteiger partial charge on any atom is -0.331 e. The first-order chi connectivity index (χ1) is 5.63. The van der Waals surface area contributed by atoms with E-state index in [9.17, 15) is 4.79 Å². The van der Waals surface area contributed by atoms with Crippen LogP contribution in [0.1, 0.15) is 25.7 Å². The first kappa shape index (κ1) is 9.36. The van der Waals surface area contributed by atoms with Gasteiger partial charge in [-0.2, -0.15) is 0 Å². The van der Waals surface area contributed by atoms with Crippen molar-refractivity contribution in [3.05, 3.63) is 0 Å². The Hall–Kier alpha value is -0.730. The molecule has 1 fully saturated rings. The Labute approximate surface area is 74.3 Å². The van der Waals surface area contributed by atoms with E-state index in [1.165, 1.54) is 25.7 Å². The van der Waals surface area contributed by atoms with Crippen LogP contribution in [-0.4, -0.2) is 43.0 Å². The summed E-state index contributed by atoms with van der Waals surface area (Å²) in [5, 5.41) is 0. The molecule has 0 unspecified atom stereocenters. The number of rotatable bonds is 1. The van der Waals surface area contributed by atoms with E-state index < -0.39 is 0 Å². The van der Waals surface area contributed by atoms with Crippen molar-refractivity contribution >= 4 is 6.03 Å². The van der Waals surface area contributed by atoms with Crippen LogP contribution < -0.4 is 0 Å². The summed E-state index contributed by atoms with van der Waals surface area (Å²) < 4.78 is 0. The molecule has 0 atom stereocenters. The molecule has 1 rings (SSSR count). The molecule has 2 amide bonds. The third-order valence-corrected chi connectivity index (χ3v) is 2.56. The van der Waals surface area contributed by atoms with Crippen molar-refractivity contribution in [2.45, 2.75) is 31.7 Å². The molecule has 0 aromatic rings. The molecule has 0 spiro atoms. The van der Waals surface area contributed by atoms with Gasteiger partial charge in [-0.3, -0.25) is 0 Å². The molecule has 3 heteroatoms. The molecule has 3 nitrogen and oxygen atoms in total. The van der Waals surface area contributed by atoms with Gasteiger partial charge < -0.3 is 9.80 Å². The maximum atomic E-state index is 11.5. The van der Waals surface area contributed by atoms with E-state index in [-0.39, 0.29) is 6.03 Å². The topological polar surface area (TPSA) is 23.6 Å². The van der Waals surface area contributed by atoms with Gasteiger partial charge in [0, 0.05) is 27.2 Å². The molecule has 0 aromatic heterocycles. The van der Waals surface area contributed by atoms with Crippen LogP contribution in [0.3, 0.4) is 0 Å². The van der Waals surface area contributed by atoms with Gasteiger partial charge in [0.15, 0.2) is 0 Å². The number of carbonyl (C=O) groups excluding carboxylic acids is 1. The summed E-state index contributed by atoms with van der Waals surface area (Å²) in [5.74, 6) is 0. The van der Waals surface area contributed by atoms with Crippen molar-refractivity contribution in [3.8, 4) is 0 Å². The predicted octanol–water partition coefficient (Wildman–Crippen LogP) is 1.54. The van der Waals surface area contributed by atoms with Crippen molar-refractivity contribution in [1.29, 1.82) is 0 Å². The number of amides is 2. The zero-order valence-corrected chi connectivity index (χ0v) is 8.21. The van der Waals surface area contributed by atoms with Crippen LogP contribution >= 0.6 is 0 Å². The lowest BCUT2D eigenvalue weighted by atomic mass is 10.2. The van der Waals surface area contributed by atoms with Crippen LogP contribution in [0, 0.1) is 0 Å². The highest BCUT2D eigenvalue weighted by Crippen LogP contribution is 2.22. The third kappa shape index (κ3) is 1.90. The first-order valence-corrected chi connectivity index (χ1v) is 4.57. The fourth-order valence-electron chi connectivity index (χ4n) is 1.76. The summed E-state index contributed by atoms with van der Waals surface area (Å²) in [7, 11) is 5.50. The monoisotopic (exact) mass is 170 g/mol. The van der Waals surface area contributed by atoms with Gasteiger partial charge in [-0.1, -0.05) is 12.8 Å². The smallest absolute Gasteiger partial charge is 0.319 e. The Bertz CT molecular complexity index is 162. The van der Waals surface area contributed by atoms with Gasteiger partial charge in [0.2, 0.25) is 0 Å². The second-order valence-corrected chi connectivity index (χ2v) is 3.73. The van der Waals surface area contributed by atoms with Crippen molar-refractivity contribution in [1.82, 2.24) is 9.80 Å². The fourth-order valence-corrected chi connectivity index (χ4v) is 1.76. The molecule has 12 heavy (non-hydrogen) atoms. The summed E-state index contributed by atoms with van der Waals surface area (Å²) in [6.45, 7) is 0. The SMILES string of the molecule is CN(C)C(=O)N(C)C1CCCC1. The number of nitrogens with zero attached hydrogens (tertiary/aromatic N) is 2. The zero-order valence-electron chi connectivity index (χ0n) is 8.21. The van der Waals surface area contributed by atoms with Crippen LogP contribution in [0.4, 0.5) is 4.79 Å². The highest BCUT2D eigenvalue weighted by Gasteiger charge is 2.23. The van der Waals surface area contributed by atoms with Crippen molar-refractivity contribution < 1.29 is 4.79 Å². The largest absolute Gasteiger partial charge is 0.331 e. The van der Waals surface area contributed by atoms with Crippen LogP contribution in [0.15, 0.2) is 0 Å².